The molecule has 2 aromatic heterocycles. The first kappa shape index (κ1) is 21.5. The molecular formula is C22H26N6O4. The number of hydrogen-bond acceptors (Lipinski definition) is 7. The second kappa shape index (κ2) is 8.81. The maximum absolute atomic E-state index is 12.9. The molecule has 0 saturated carbocycles. The number of carbonyl (C=O) groups is 2. The lowest BCUT2D eigenvalue weighted by atomic mass is 9.92. The van der Waals surface area contributed by atoms with E-state index in [-0.39, 0.29) is 12.1 Å². The lowest BCUT2D eigenvalue weighted by Crippen LogP contribution is -2.39. The fraction of sp³-hybridized carbons (Fsp3) is 0.409. The highest BCUT2D eigenvalue weighted by molar-refractivity contribution is 6.01. The van der Waals surface area contributed by atoms with Crippen LogP contribution in [0.25, 0.3) is 5.65 Å². The number of piperidine rings is 1. The van der Waals surface area contributed by atoms with Crippen LogP contribution in [0.2, 0.25) is 0 Å². The molecule has 1 saturated heterocycles. The second-order valence-electron chi connectivity index (χ2n) is 8.32. The van der Waals surface area contributed by atoms with E-state index in [1.54, 1.807) is 36.7 Å². The van der Waals surface area contributed by atoms with E-state index in [1.807, 2.05) is 0 Å². The number of fused-ring (bicyclic) bond motifs is 1. The minimum absolute atomic E-state index is 0.227. The van der Waals surface area contributed by atoms with Crippen molar-refractivity contribution < 1.29 is 14.3 Å². The summed E-state index contributed by atoms with van der Waals surface area (Å²) in [6.07, 6.45) is 4.27. The molecule has 1 fully saturated rings. The van der Waals surface area contributed by atoms with Crippen LogP contribution in [0.4, 0.5) is 11.5 Å². The average molecular weight is 438 g/mol. The number of amides is 1. The molecule has 32 heavy (non-hydrogen) atoms. The highest BCUT2D eigenvalue weighted by Gasteiger charge is 2.26. The standard InChI is InChI=1S/C22H26N6O4/c1-14-10-15(2)12-26(11-14)19-20-25-28(22(31)27(20)9-8-23-19)13-18(29)24-17-7-5-4-6-16(17)21(30)32-3/h4-9,14-15H,10-13H2,1-3H3,(H,24,29)/t14-,15+. The number of ether oxygens (including phenoxy) is 1. The zero-order valence-corrected chi connectivity index (χ0v) is 18.3. The van der Waals surface area contributed by atoms with E-state index < -0.39 is 17.6 Å². The molecule has 10 nitrogen and oxygen atoms in total. The third kappa shape index (κ3) is 4.20. The van der Waals surface area contributed by atoms with Crippen LogP contribution in [0.15, 0.2) is 41.5 Å². The Morgan fingerprint density at radius 2 is 1.91 bits per heavy atom. The van der Waals surface area contributed by atoms with E-state index in [4.69, 9.17) is 4.74 Å². The lowest BCUT2D eigenvalue weighted by molar-refractivity contribution is -0.117. The van der Waals surface area contributed by atoms with Gasteiger partial charge in [0.1, 0.15) is 6.54 Å². The zero-order chi connectivity index (χ0) is 22.8. The Morgan fingerprint density at radius 3 is 2.62 bits per heavy atom. The van der Waals surface area contributed by atoms with Crippen LogP contribution in [0.3, 0.4) is 0 Å². The lowest BCUT2D eigenvalue weighted by Gasteiger charge is -2.35. The summed E-state index contributed by atoms with van der Waals surface area (Å²) in [7, 11) is 1.27. The maximum atomic E-state index is 12.9. The number of methoxy groups -OCH3 is 1. The van der Waals surface area contributed by atoms with Gasteiger partial charge in [0, 0.05) is 25.5 Å². The largest absolute Gasteiger partial charge is 0.465 e. The summed E-state index contributed by atoms with van der Waals surface area (Å²) in [6, 6.07) is 6.51. The van der Waals surface area contributed by atoms with Gasteiger partial charge in [0.25, 0.3) is 0 Å². The Balaban J connectivity index is 1.60. The number of anilines is 2. The van der Waals surface area contributed by atoms with Crippen LogP contribution in [-0.2, 0) is 16.1 Å². The van der Waals surface area contributed by atoms with Crippen molar-refractivity contribution in [2.24, 2.45) is 11.8 Å². The molecule has 168 valence electrons. The van der Waals surface area contributed by atoms with E-state index in [9.17, 15) is 14.4 Å². The van der Waals surface area contributed by atoms with Crippen molar-refractivity contribution in [3.05, 3.63) is 52.7 Å². The van der Waals surface area contributed by atoms with Gasteiger partial charge in [-0.1, -0.05) is 26.0 Å². The highest BCUT2D eigenvalue weighted by Crippen LogP contribution is 2.26. The number of rotatable bonds is 5. The normalized spacial score (nSPS) is 18.5. The van der Waals surface area contributed by atoms with E-state index in [2.05, 4.69) is 34.1 Å². The van der Waals surface area contributed by atoms with Crippen LogP contribution >= 0.6 is 0 Å². The van der Waals surface area contributed by atoms with Gasteiger partial charge in [0.05, 0.1) is 18.4 Å². The summed E-state index contributed by atoms with van der Waals surface area (Å²) in [5.74, 6) is 0.608. The van der Waals surface area contributed by atoms with Gasteiger partial charge in [0.15, 0.2) is 5.82 Å². The molecule has 1 amide bonds. The van der Waals surface area contributed by atoms with Gasteiger partial charge >= 0.3 is 11.7 Å². The van der Waals surface area contributed by atoms with Crippen molar-refractivity contribution in [1.82, 2.24) is 19.2 Å². The first-order valence-electron chi connectivity index (χ1n) is 10.5. The molecule has 3 aromatic rings. The molecular weight excluding hydrogens is 412 g/mol. The number of hydrogen-bond donors (Lipinski definition) is 1. The molecule has 0 radical (unpaired) electrons. The van der Waals surface area contributed by atoms with Gasteiger partial charge in [-0.25, -0.2) is 23.7 Å². The molecule has 1 aromatic carbocycles. The number of nitrogens with zero attached hydrogens (tertiary/aromatic N) is 5. The molecule has 0 aliphatic carbocycles. The topological polar surface area (TPSA) is 111 Å². The number of benzene rings is 1. The average Bonchev–Trinajstić information content (AvgIpc) is 3.08. The third-order valence-electron chi connectivity index (χ3n) is 5.55. The summed E-state index contributed by atoms with van der Waals surface area (Å²) < 4.78 is 7.26. The van der Waals surface area contributed by atoms with Crippen LogP contribution in [0, 0.1) is 11.8 Å². The minimum Gasteiger partial charge on any atom is -0.465 e. The Labute approximate surface area is 184 Å². The summed E-state index contributed by atoms with van der Waals surface area (Å²) in [6.45, 7) is 5.77. The van der Waals surface area contributed by atoms with Crippen LogP contribution in [-0.4, -0.2) is 51.2 Å². The molecule has 0 unspecified atom stereocenters. The van der Waals surface area contributed by atoms with Crippen LogP contribution in [0.5, 0.6) is 0 Å². The number of carbonyl (C=O) groups excluding carboxylic acids is 2. The summed E-state index contributed by atoms with van der Waals surface area (Å²) in [5.41, 5.74) is 0.519. The molecule has 0 bridgehead atoms. The molecule has 1 aliphatic heterocycles. The smallest absolute Gasteiger partial charge is 0.350 e. The predicted octanol–water partition coefficient (Wildman–Crippen LogP) is 1.80. The van der Waals surface area contributed by atoms with Gasteiger partial charge in [-0.2, -0.15) is 0 Å². The Hall–Kier alpha value is -3.69. The number of para-hydroxylation sites is 1. The monoisotopic (exact) mass is 438 g/mol. The first-order chi connectivity index (χ1) is 15.4. The van der Waals surface area contributed by atoms with E-state index in [1.165, 1.54) is 11.5 Å². The summed E-state index contributed by atoms with van der Waals surface area (Å²) >= 11 is 0. The zero-order valence-electron chi connectivity index (χ0n) is 18.3. The molecule has 10 heteroatoms. The first-order valence-corrected chi connectivity index (χ1v) is 10.5. The Kier molecular flexibility index (Phi) is 5.93. The van der Waals surface area contributed by atoms with Crippen molar-refractivity contribution in [3.8, 4) is 0 Å². The van der Waals surface area contributed by atoms with Gasteiger partial charge in [-0.05, 0) is 30.4 Å². The number of esters is 1. The predicted molar refractivity (Wildman–Crippen MR) is 119 cm³/mol. The molecule has 0 spiro atoms. The van der Waals surface area contributed by atoms with Crippen LogP contribution in [0.1, 0.15) is 30.6 Å². The van der Waals surface area contributed by atoms with Crippen molar-refractivity contribution in [1.29, 1.82) is 0 Å². The summed E-state index contributed by atoms with van der Waals surface area (Å²) in [4.78, 5) is 44.1. The van der Waals surface area contributed by atoms with Crippen molar-refractivity contribution in [2.75, 3.05) is 30.4 Å². The molecule has 1 N–H and O–H groups in total. The van der Waals surface area contributed by atoms with Gasteiger partial charge in [0.2, 0.25) is 11.6 Å². The summed E-state index contributed by atoms with van der Waals surface area (Å²) in [5, 5.41) is 7.06. The molecule has 1 aliphatic rings. The quantitative estimate of drug-likeness (QED) is 0.605. The van der Waals surface area contributed by atoms with Gasteiger partial charge in [-0.3, -0.25) is 4.79 Å². The minimum atomic E-state index is -0.563. The van der Waals surface area contributed by atoms with Gasteiger partial charge < -0.3 is 15.0 Å². The van der Waals surface area contributed by atoms with Crippen LogP contribution < -0.4 is 15.9 Å². The SMILES string of the molecule is COC(=O)c1ccccc1NC(=O)Cn1nc2c(N3C[C@H](C)C[C@H](C)C3)nccn2c1=O. The molecule has 4 rings (SSSR count). The Morgan fingerprint density at radius 1 is 1.19 bits per heavy atom. The number of aromatic nitrogens is 4. The van der Waals surface area contributed by atoms with E-state index in [0.717, 1.165) is 24.2 Å². The van der Waals surface area contributed by atoms with E-state index in [0.29, 0.717) is 29.0 Å². The number of nitrogens with one attached hydrogen (secondary N) is 1. The van der Waals surface area contributed by atoms with Crippen molar-refractivity contribution in [2.45, 2.75) is 26.8 Å². The third-order valence-corrected chi connectivity index (χ3v) is 5.55. The maximum Gasteiger partial charge on any atom is 0.350 e. The van der Waals surface area contributed by atoms with Gasteiger partial charge in [-0.15, -0.1) is 5.10 Å². The fourth-order valence-electron chi connectivity index (χ4n) is 4.30. The van der Waals surface area contributed by atoms with Crippen molar-refractivity contribution in [3.63, 3.8) is 0 Å². The fourth-order valence-corrected chi connectivity index (χ4v) is 4.30. The van der Waals surface area contributed by atoms with Crippen molar-refractivity contribution >= 4 is 29.0 Å². The molecule has 3 heterocycles. The second-order valence-corrected chi connectivity index (χ2v) is 8.32. The van der Waals surface area contributed by atoms with E-state index >= 15 is 0 Å². The Bertz CT molecular complexity index is 1210. The highest BCUT2D eigenvalue weighted by atomic mass is 16.5. The molecule has 2 atom stereocenters.